The first-order valence-corrected chi connectivity index (χ1v) is 6.41. The number of nitrogens with zero attached hydrogens (tertiary/aromatic N) is 1. The Morgan fingerprint density at radius 3 is 3.00 bits per heavy atom. The molecule has 4 heteroatoms. The summed E-state index contributed by atoms with van der Waals surface area (Å²) in [5.41, 5.74) is 2.74. The Kier molecular flexibility index (Phi) is 3.09. The summed E-state index contributed by atoms with van der Waals surface area (Å²) in [6.45, 7) is 4.09. The molecule has 98 valence electrons. The summed E-state index contributed by atoms with van der Waals surface area (Å²) in [4.78, 5) is 14.4. The highest BCUT2D eigenvalue weighted by Gasteiger charge is 2.22. The maximum absolute atomic E-state index is 12.6. The van der Waals surface area contributed by atoms with Gasteiger partial charge in [0.1, 0.15) is 12.0 Å². The fourth-order valence-corrected chi connectivity index (χ4v) is 2.38. The minimum absolute atomic E-state index is 0.00648. The first-order valence-electron chi connectivity index (χ1n) is 6.41. The predicted molar refractivity (Wildman–Crippen MR) is 73.3 cm³/mol. The van der Waals surface area contributed by atoms with Crippen molar-refractivity contribution in [2.45, 2.75) is 13.5 Å². The molecule has 0 fully saturated rings. The molecule has 0 aliphatic carbocycles. The molecule has 19 heavy (non-hydrogen) atoms. The Balaban J connectivity index is 1.98. The van der Waals surface area contributed by atoms with E-state index in [1.165, 1.54) is 6.26 Å². The molecule has 1 aromatic heterocycles. The van der Waals surface area contributed by atoms with Crippen LogP contribution in [0.3, 0.4) is 0 Å². The molecule has 0 unspecified atom stereocenters. The number of para-hydroxylation sites is 1. The van der Waals surface area contributed by atoms with Crippen LogP contribution >= 0.6 is 0 Å². The second-order valence-corrected chi connectivity index (χ2v) is 4.71. The van der Waals surface area contributed by atoms with Crippen LogP contribution in [0.25, 0.3) is 0 Å². The van der Waals surface area contributed by atoms with Crippen LogP contribution < -0.4 is 10.2 Å². The van der Waals surface area contributed by atoms with Gasteiger partial charge in [-0.2, -0.15) is 0 Å². The van der Waals surface area contributed by atoms with Gasteiger partial charge in [0, 0.05) is 25.3 Å². The number of carbonyl (C=O) groups is 1. The van der Waals surface area contributed by atoms with Crippen molar-refractivity contribution in [3.05, 3.63) is 53.5 Å². The highest BCUT2D eigenvalue weighted by molar-refractivity contribution is 6.06. The third-order valence-electron chi connectivity index (χ3n) is 3.33. The second kappa shape index (κ2) is 4.90. The van der Waals surface area contributed by atoms with Gasteiger partial charge >= 0.3 is 0 Å². The standard InChI is InChI=1S/C15H16N2O2/c1-11-8-13(10-19-11)15(18)17-7-6-16-9-12-4-2-3-5-14(12)17/h2-5,8,10,16H,6-7,9H2,1H3. The van der Waals surface area contributed by atoms with Gasteiger partial charge in [0.15, 0.2) is 0 Å². The number of rotatable bonds is 1. The van der Waals surface area contributed by atoms with Gasteiger partial charge in [0.25, 0.3) is 5.91 Å². The Labute approximate surface area is 112 Å². The van der Waals surface area contributed by atoms with Gasteiger partial charge in [-0.25, -0.2) is 0 Å². The van der Waals surface area contributed by atoms with Crippen molar-refractivity contribution in [3.8, 4) is 0 Å². The van der Waals surface area contributed by atoms with Crippen molar-refractivity contribution in [3.63, 3.8) is 0 Å². The molecule has 0 atom stereocenters. The highest BCUT2D eigenvalue weighted by Crippen LogP contribution is 2.24. The highest BCUT2D eigenvalue weighted by atomic mass is 16.3. The molecule has 1 amide bonds. The molecule has 0 saturated carbocycles. The molecular weight excluding hydrogens is 240 g/mol. The zero-order valence-corrected chi connectivity index (χ0v) is 10.8. The Morgan fingerprint density at radius 1 is 1.37 bits per heavy atom. The first-order chi connectivity index (χ1) is 9.25. The fraction of sp³-hybridized carbons (Fsp3) is 0.267. The summed E-state index contributed by atoms with van der Waals surface area (Å²) >= 11 is 0. The monoisotopic (exact) mass is 256 g/mol. The van der Waals surface area contributed by atoms with E-state index in [9.17, 15) is 4.79 Å². The Bertz CT molecular complexity index is 604. The lowest BCUT2D eigenvalue weighted by molar-refractivity contribution is 0.0987. The van der Waals surface area contributed by atoms with Crippen LogP contribution in [0.1, 0.15) is 21.7 Å². The van der Waals surface area contributed by atoms with Gasteiger partial charge in [0.2, 0.25) is 0 Å². The number of carbonyl (C=O) groups excluding carboxylic acids is 1. The Hall–Kier alpha value is -2.07. The zero-order valence-electron chi connectivity index (χ0n) is 10.8. The van der Waals surface area contributed by atoms with E-state index in [2.05, 4.69) is 11.4 Å². The average Bonchev–Trinajstić information content (AvgIpc) is 2.74. The maximum atomic E-state index is 12.6. The topological polar surface area (TPSA) is 45.5 Å². The van der Waals surface area contributed by atoms with E-state index in [-0.39, 0.29) is 5.91 Å². The first kappa shape index (κ1) is 12.0. The fourth-order valence-electron chi connectivity index (χ4n) is 2.38. The van der Waals surface area contributed by atoms with E-state index in [4.69, 9.17) is 4.42 Å². The summed E-state index contributed by atoms with van der Waals surface area (Å²) in [6, 6.07) is 9.78. The van der Waals surface area contributed by atoms with Gasteiger partial charge in [-0.15, -0.1) is 0 Å². The summed E-state index contributed by atoms with van der Waals surface area (Å²) in [6.07, 6.45) is 1.53. The number of amides is 1. The van der Waals surface area contributed by atoms with Crippen molar-refractivity contribution < 1.29 is 9.21 Å². The predicted octanol–water partition coefficient (Wildman–Crippen LogP) is 2.34. The lowest BCUT2D eigenvalue weighted by atomic mass is 10.1. The summed E-state index contributed by atoms with van der Waals surface area (Å²) in [5, 5.41) is 3.33. The number of benzene rings is 1. The van der Waals surface area contributed by atoms with Crippen molar-refractivity contribution in [1.29, 1.82) is 0 Å². The molecule has 0 spiro atoms. The summed E-state index contributed by atoms with van der Waals surface area (Å²) < 4.78 is 5.23. The molecule has 0 radical (unpaired) electrons. The summed E-state index contributed by atoms with van der Waals surface area (Å²) in [5.74, 6) is 0.748. The van der Waals surface area contributed by atoms with Crippen molar-refractivity contribution in [2.75, 3.05) is 18.0 Å². The third-order valence-corrected chi connectivity index (χ3v) is 3.33. The largest absolute Gasteiger partial charge is 0.469 e. The van der Waals surface area contributed by atoms with Crippen LogP contribution in [0, 0.1) is 6.92 Å². The number of aryl methyl sites for hydroxylation is 1. The lowest BCUT2D eigenvalue weighted by Gasteiger charge is -2.21. The van der Waals surface area contributed by atoms with Gasteiger partial charge in [0.05, 0.1) is 5.56 Å². The SMILES string of the molecule is Cc1cc(C(=O)N2CCNCc3ccccc32)co1. The van der Waals surface area contributed by atoms with Crippen LogP contribution in [-0.2, 0) is 6.54 Å². The quantitative estimate of drug-likeness (QED) is 0.851. The normalized spacial score (nSPS) is 14.9. The number of anilines is 1. The van der Waals surface area contributed by atoms with Crippen LogP contribution in [0.15, 0.2) is 41.0 Å². The van der Waals surface area contributed by atoms with Gasteiger partial charge in [-0.05, 0) is 24.6 Å². The van der Waals surface area contributed by atoms with Crippen molar-refractivity contribution >= 4 is 11.6 Å². The van der Waals surface area contributed by atoms with Crippen molar-refractivity contribution in [1.82, 2.24) is 5.32 Å². The van der Waals surface area contributed by atoms with E-state index in [1.807, 2.05) is 30.0 Å². The van der Waals surface area contributed by atoms with Crippen LogP contribution in [-0.4, -0.2) is 19.0 Å². The maximum Gasteiger partial charge on any atom is 0.261 e. The molecule has 1 aromatic carbocycles. The zero-order chi connectivity index (χ0) is 13.2. The van der Waals surface area contributed by atoms with E-state index in [0.717, 1.165) is 30.1 Å². The minimum atomic E-state index is -0.00648. The number of nitrogens with one attached hydrogen (secondary N) is 1. The van der Waals surface area contributed by atoms with E-state index in [0.29, 0.717) is 12.1 Å². The smallest absolute Gasteiger partial charge is 0.261 e. The number of hydrogen-bond acceptors (Lipinski definition) is 3. The van der Waals surface area contributed by atoms with E-state index in [1.54, 1.807) is 6.07 Å². The van der Waals surface area contributed by atoms with Crippen molar-refractivity contribution in [2.24, 2.45) is 0 Å². The van der Waals surface area contributed by atoms with Gasteiger partial charge in [-0.1, -0.05) is 18.2 Å². The molecule has 0 saturated heterocycles. The lowest BCUT2D eigenvalue weighted by Crippen LogP contribution is -2.34. The van der Waals surface area contributed by atoms with Crippen LogP contribution in [0.4, 0.5) is 5.69 Å². The number of fused-ring (bicyclic) bond motifs is 1. The molecular formula is C15H16N2O2. The molecule has 2 heterocycles. The van der Waals surface area contributed by atoms with E-state index >= 15 is 0 Å². The van der Waals surface area contributed by atoms with Crippen LogP contribution in [0.5, 0.6) is 0 Å². The Morgan fingerprint density at radius 2 is 2.21 bits per heavy atom. The molecule has 2 aromatic rings. The average molecular weight is 256 g/mol. The summed E-state index contributed by atoms with van der Waals surface area (Å²) in [7, 11) is 0. The molecule has 4 nitrogen and oxygen atoms in total. The van der Waals surface area contributed by atoms with E-state index < -0.39 is 0 Å². The van der Waals surface area contributed by atoms with Gasteiger partial charge < -0.3 is 14.6 Å². The molecule has 1 N–H and O–H groups in total. The minimum Gasteiger partial charge on any atom is -0.469 e. The van der Waals surface area contributed by atoms with Gasteiger partial charge in [-0.3, -0.25) is 4.79 Å². The molecule has 1 aliphatic heterocycles. The molecule has 3 rings (SSSR count). The molecule has 0 bridgehead atoms. The number of furan rings is 1. The number of hydrogen-bond donors (Lipinski definition) is 1. The second-order valence-electron chi connectivity index (χ2n) is 4.71. The molecule has 1 aliphatic rings. The third kappa shape index (κ3) is 2.27. The van der Waals surface area contributed by atoms with Crippen LogP contribution in [0.2, 0.25) is 0 Å².